The summed E-state index contributed by atoms with van der Waals surface area (Å²) in [7, 11) is 1.50. The highest BCUT2D eigenvalue weighted by atomic mass is 16.6. The summed E-state index contributed by atoms with van der Waals surface area (Å²) in [4.78, 5) is 12.1. The first kappa shape index (κ1) is 22.3. The summed E-state index contributed by atoms with van der Waals surface area (Å²) >= 11 is 0. The van der Waals surface area contributed by atoms with E-state index in [1.807, 2.05) is 12.1 Å². The molecule has 0 atom stereocenters. The Bertz CT molecular complexity index is 529. The van der Waals surface area contributed by atoms with Crippen LogP contribution in [-0.2, 0) is 20.7 Å². The molecule has 0 aromatic heterocycles. The van der Waals surface area contributed by atoms with Crippen LogP contribution in [0.3, 0.4) is 0 Å². The normalized spacial score (nSPS) is 11.7. The van der Waals surface area contributed by atoms with Gasteiger partial charge in [-0.3, -0.25) is 0 Å². The lowest BCUT2D eigenvalue weighted by atomic mass is 10.0. The molecule has 1 rings (SSSR count). The molecule has 0 saturated carbocycles. The Hall–Kier alpha value is -1.77. The van der Waals surface area contributed by atoms with Gasteiger partial charge in [-0.05, 0) is 42.4 Å². The van der Waals surface area contributed by atoms with Gasteiger partial charge < -0.3 is 9.47 Å². The Morgan fingerprint density at radius 3 is 2.31 bits per heavy atom. The molecule has 0 spiro atoms. The molecule has 146 valence electrons. The molecule has 1 aromatic rings. The van der Waals surface area contributed by atoms with E-state index < -0.39 is 5.97 Å². The fourth-order valence-corrected chi connectivity index (χ4v) is 2.70. The van der Waals surface area contributed by atoms with Crippen molar-refractivity contribution in [2.24, 2.45) is 5.92 Å². The Morgan fingerprint density at radius 1 is 1.04 bits per heavy atom. The summed E-state index contributed by atoms with van der Waals surface area (Å²) in [6, 6.07) is 8.34. The first-order valence-corrected chi connectivity index (χ1v) is 10.1. The Kier molecular flexibility index (Phi) is 11.5. The average Bonchev–Trinajstić information content (AvgIpc) is 2.63. The molecule has 0 fully saturated rings. The largest absolute Gasteiger partial charge is 0.490 e. The van der Waals surface area contributed by atoms with E-state index in [0.29, 0.717) is 12.5 Å². The van der Waals surface area contributed by atoms with Crippen LogP contribution >= 0.6 is 0 Å². The number of carbonyl (C=O) groups is 1. The van der Waals surface area contributed by atoms with Gasteiger partial charge in [0.2, 0.25) is 5.76 Å². The molecule has 0 bridgehead atoms. The quantitative estimate of drug-likeness (QED) is 0.183. The standard InChI is InChI=1S/C23H36O3/c1-5-6-7-8-9-10-11-20-12-14-21(15-13-20)18-22(25-4)23(24)26-17-16-19(2)3/h12-15,18-19H,5-11,16-17H2,1-4H3/b22-18-. The lowest BCUT2D eigenvalue weighted by Crippen LogP contribution is -2.11. The van der Waals surface area contributed by atoms with Crippen LogP contribution in [0.4, 0.5) is 0 Å². The minimum absolute atomic E-state index is 0.248. The number of unbranched alkanes of at least 4 members (excludes halogenated alkanes) is 5. The van der Waals surface area contributed by atoms with Crippen molar-refractivity contribution in [3.63, 3.8) is 0 Å². The number of carbonyl (C=O) groups excluding carboxylic acids is 1. The highest BCUT2D eigenvalue weighted by Gasteiger charge is 2.11. The Labute approximate surface area is 159 Å². The molecule has 1 aromatic carbocycles. The SMILES string of the molecule is CCCCCCCCc1ccc(/C=C(\OC)C(=O)OCCC(C)C)cc1. The predicted molar refractivity (Wildman–Crippen MR) is 109 cm³/mol. The van der Waals surface area contributed by atoms with Gasteiger partial charge in [0.25, 0.3) is 0 Å². The zero-order chi connectivity index (χ0) is 19.2. The van der Waals surface area contributed by atoms with Crippen LogP contribution < -0.4 is 0 Å². The molecule has 0 saturated heterocycles. The van der Waals surface area contributed by atoms with E-state index >= 15 is 0 Å². The second kappa shape index (κ2) is 13.4. The summed E-state index contributed by atoms with van der Waals surface area (Å²) in [5.41, 5.74) is 2.30. The van der Waals surface area contributed by atoms with Crippen LogP contribution in [-0.4, -0.2) is 19.7 Å². The zero-order valence-corrected chi connectivity index (χ0v) is 17.1. The van der Waals surface area contributed by atoms with E-state index in [2.05, 4.69) is 32.9 Å². The highest BCUT2D eigenvalue weighted by Crippen LogP contribution is 2.14. The number of hydrogen-bond donors (Lipinski definition) is 0. The summed E-state index contributed by atoms with van der Waals surface area (Å²) in [5, 5.41) is 0. The van der Waals surface area contributed by atoms with Crippen LogP contribution in [0.5, 0.6) is 0 Å². The van der Waals surface area contributed by atoms with Crippen molar-refractivity contribution in [2.75, 3.05) is 13.7 Å². The lowest BCUT2D eigenvalue weighted by molar-refractivity contribution is -0.142. The number of methoxy groups -OCH3 is 1. The van der Waals surface area contributed by atoms with Gasteiger partial charge in [-0.1, -0.05) is 77.1 Å². The maximum atomic E-state index is 12.1. The zero-order valence-electron chi connectivity index (χ0n) is 17.1. The number of aryl methyl sites for hydroxylation is 1. The first-order valence-electron chi connectivity index (χ1n) is 10.1. The second-order valence-corrected chi connectivity index (χ2v) is 7.29. The van der Waals surface area contributed by atoms with Crippen molar-refractivity contribution in [1.82, 2.24) is 0 Å². The molecule has 3 heteroatoms. The van der Waals surface area contributed by atoms with Gasteiger partial charge in [-0.25, -0.2) is 4.79 Å². The van der Waals surface area contributed by atoms with Gasteiger partial charge in [0.15, 0.2) is 0 Å². The van der Waals surface area contributed by atoms with Gasteiger partial charge in [0, 0.05) is 0 Å². The van der Waals surface area contributed by atoms with Crippen molar-refractivity contribution >= 4 is 12.0 Å². The van der Waals surface area contributed by atoms with E-state index in [1.54, 1.807) is 6.08 Å². The van der Waals surface area contributed by atoms with Crippen molar-refractivity contribution < 1.29 is 14.3 Å². The molecule has 26 heavy (non-hydrogen) atoms. The molecular formula is C23H36O3. The van der Waals surface area contributed by atoms with E-state index in [-0.39, 0.29) is 5.76 Å². The molecule has 0 aliphatic carbocycles. The molecule has 0 N–H and O–H groups in total. The van der Waals surface area contributed by atoms with Crippen LogP contribution in [0.25, 0.3) is 6.08 Å². The molecule has 0 heterocycles. The molecule has 0 aliphatic rings. The maximum Gasteiger partial charge on any atom is 0.373 e. The van der Waals surface area contributed by atoms with Gasteiger partial charge in [-0.2, -0.15) is 0 Å². The van der Waals surface area contributed by atoms with Crippen molar-refractivity contribution in [2.45, 2.75) is 72.1 Å². The van der Waals surface area contributed by atoms with Crippen LogP contribution in [0, 0.1) is 5.92 Å². The fourth-order valence-electron chi connectivity index (χ4n) is 2.70. The second-order valence-electron chi connectivity index (χ2n) is 7.29. The molecule has 0 amide bonds. The number of esters is 1. The van der Waals surface area contributed by atoms with Crippen molar-refractivity contribution in [1.29, 1.82) is 0 Å². The van der Waals surface area contributed by atoms with Crippen molar-refractivity contribution in [3.05, 3.63) is 41.2 Å². The third kappa shape index (κ3) is 9.65. The topological polar surface area (TPSA) is 35.5 Å². The van der Waals surface area contributed by atoms with Crippen LogP contribution in [0.2, 0.25) is 0 Å². The highest BCUT2D eigenvalue weighted by molar-refractivity contribution is 5.91. The molecule has 3 nitrogen and oxygen atoms in total. The van der Waals surface area contributed by atoms with Gasteiger partial charge in [0.1, 0.15) is 0 Å². The Balaban J connectivity index is 2.47. The summed E-state index contributed by atoms with van der Waals surface area (Å²) in [6.07, 6.45) is 11.6. The lowest BCUT2D eigenvalue weighted by Gasteiger charge is -2.09. The first-order chi connectivity index (χ1) is 12.6. The smallest absolute Gasteiger partial charge is 0.373 e. The minimum atomic E-state index is -0.399. The third-order valence-corrected chi connectivity index (χ3v) is 4.45. The van der Waals surface area contributed by atoms with Gasteiger partial charge in [0.05, 0.1) is 13.7 Å². The molecule has 0 aliphatic heterocycles. The molecular weight excluding hydrogens is 324 g/mol. The number of benzene rings is 1. The monoisotopic (exact) mass is 360 g/mol. The summed E-state index contributed by atoms with van der Waals surface area (Å²) in [6.45, 7) is 6.88. The molecule has 0 unspecified atom stereocenters. The van der Waals surface area contributed by atoms with E-state index in [0.717, 1.165) is 18.4 Å². The number of hydrogen-bond acceptors (Lipinski definition) is 3. The average molecular weight is 361 g/mol. The van der Waals surface area contributed by atoms with E-state index in [9.17, 15) is 4.79 Å². The van der Waals surface area contributed by atoms with E-state index in [1.165, 1.54) is 51.2 Å². The van der Waals surface area contributed by atoms with Gasteiger partial charge in [-0.15, -0.1) is 0 Å². The molecule has 0 radical (unpaired) electrons. The van der Waals surface area contributed by atoms with Crippen LogP contribution in [0.1, 0.15) is 76.8 Å². The number of rotatable bonds is 13. The minimum Gasteiger partial charge on any atom is -0.490 e. The number of ether oxygens (including phenoxy) is 2. The Morgan fingerprint density at radius 2 is 1.69 bits per heavy atom. The third-order valence-electron chi connectivity index (χ3n) is 4.45. The van der Waals surface area contributed by atoms with Gasteiger partial charge >= 0.3 is 5.97 Å². The summed E-state index contributed by atoms with van der Waals surface area (Å²) < 4.78 is 10.5. The predicted octanol–water partition coefficient (Wildman–Crippen LogP) is 6.17. The fraction of sp³-hybridized carbons (Fsp3) is 0.609. The summed E-state index contributed by atoms with van der Waals surface area (Å²) in [5.74, 6) is 0.360. The van der Waals surface area contributed by atoms with Crippen molar-refractivity contribution in [3.8, 4) is 0 Å². The van der Waals surface area contributed by atoms with Crippen LogP contribution in [0.15, 0.2) is 30.0 Å². The van der Waals surface area contributed by atoms with E-state index in [4.69, 9.17) is 9.47 Å². The maximum absolute atomic E-state index is 12.1.